The summed E-state index contributed by atoms with van der Waals surface area (Å²) in [5, 5.41) is 8.64. The van der Waals surface area contributed by atoms with Gasteiger partial charge in [0.05, 0.1) is 18.6 Å². The van der Waals surface area contributed by atoms with Crippen LogP contribution in [0.1, 0.15) is 65.7 Å². The summed E-state index contributed by atoms with van der Waals surface area (Å²) in [4.78, 5) is 23.8. The zero-order valence-corrected chi connectivity index (χ0v) is 21.9. The number of allylic oxidation sites excluding steroid dienone is 1. The lowest BCUT2D eigenvalue weighted by molar-refractivity contribution is -0.193. The predicted octanol–water partition coefficient (Wildman–Crippen LogP) is 2.87. The van der Waals surface area contributed by atoms with E-state index in [-0.39, 0.29) is 47.9 Å². The molecule has 0 bridgehead atoms. The monoisotopic (exact) mass is 515 g/mol. The first-order valence-electron chi connectivity index (χ1n) is 13.0. The molecule has 2 aliphatic heterocycles. The van der Waals surface area contributed by atoms with Crippen LogP contribution in [-0.4, -0.2) is 74.9 Å². The van der Waals surface area contributed by atoms with Gasteiger partial charge in [0.2, 0.25) is 5.91 Å². The Morgan fingerprint density at radius 3 is 2.44 bits per heavy atom. The number of hydrogen-bond donors (Lipinski definition) is 3. The maximum atomic E-state index is 12.5. The molecule has 206 valence electrons. The number of nitrogens with one attached hydrogen (secondary N) is 3. The first-order chi connectivity index (χ1) is 17.3. The molecule has 2 amide bonds. The molecule has 3 rings (SSSR count). The van der Waals surface area contributed by atoms with E-state index < -0.39 is 6.09 Å². The molecule has 3 fully saturated rings. The molecule has 1 aliphatic carbocycles. The normalized spacial score (nSPS) is 32.6. The molecule has 2 saturated heterocycles. The maximum absolute atomic E-state index is 12.5. The van der Waals surface area contributed by atoms with Crippen molar-refractivity contribution in [3.8, 4) is 0 Å². The average molecular weight is 516 g/mol. The van der Waals surface area contributed by atoms with Gasteiger partial charge in [-0.1, -0.05) is 29.5 Å². The van der Waals surface area contributed by atoms with Crippen molar-refractivity contribution in [1.82, 2.24) is 16.1 Å². The number of unbranched alkanes of at least 4 members (excludes halogenated alkanes) is 3. The lowest BCUT2D eigenvalue weighted by Crippen LogP contribution is -2.56. The molecule has 0 radical (unpaired) electrons. The quantitative estimate of drug-likeness (QED) is 0.132. The Morgan fingerprint density at radius 2 is 1.83 bits per heavy atom. The van der Waals surface area contributed by atoms with Crippen molar-refractivity contribution >= 4 is 12.0 Å². The third-order valence-electron chi connectivity index (χ3n) is 7.48. The van der Waals surface area contributed by atoms with Crippen LogP contribution in [0.15, 0.2) is 11.6 Å². The molecule has 36 heavy (non-hydrogen) atoms. The summed E-state index contributed by atoms with van der Waals surface area (Å²) < 4.78 is 35.3. The molecule has 3 aliphatic rings. The Balaban J connectivity index is 1.37. The second-order valence-corrected chi connectivity index (χ2v) is 10.4. The van der Waals surface area contributed by atoms with Crippen LogP contribution in [-0.2, 0) is 28.8 Å². The molecular formula is C25H42FN3O7. The Hall–Kier alpha value is -1.79. The topological polar surface area (TPSA) is 123 Å². The average Bonchev–Trinajstić information content (AvgIpc) is 3.76. The van der Waals surface area contributed by atoms with Crippen molar-refractivity contribution in [2.75, 3.05) is 33.4 Å². The zero-order chi connectivity index (χ0) is 26.2. The summed E-state index contributed by atoms with van der Waals surface area (Å²) in [6.45, 7) is 7.77. The molecule has 1 spiro atoms. The Morgan fingerprint density at radius 1 is 1.14 bits per heavy atom. The first kappa shape index (κ1) is 28.8. The van der Waals surface area contributed by atoms with E-state index in [9.17, 15) is 14.1 Å². The molecule has 0 aromatic rings. The van der Waals surface area contributed by atoms with Gasteiger partial charge < -0.3 is 29.6 Å². The van der Waals surface area contributed by atoms with Gasteiger partial charge in [-0.15, -0.1) is 0 Å². The number of carbonyl (C=O) groups is 2. The second kappa shape index (κ2) is 13.1. The summed E-state index contributed by atoms with van der Waals surface area (Å²) in [6.07, 6.45) is 6.96. The summed E-state index contributed by atoms with van der Waals surface area (Å²) in [5.74, 6) is -0.334. The summed E-state index contributed by atoms with van der Waals surface area (Å²) in [5.41, 5.74) is 2.49. The number of hydrogen-bond acceptors (Lipinski definition) is 8. The lowest BCUT2D eigenvalue weighted by atomic mass is 9.68. The van der Waals surface area contributed by atoms with Crippen molar-refractivity contribution < 1.29 is 38.1 Å². The van der Waals surface area contributed by atoms with E-state index in [4.69, 9.17) is 18.9 Å². The van der Waals surface area contributed by atoms with E-state index in [2.05, 4.69) is 42.5 Å². The first-order valence-corrected chi connectivity index (χ1v) is 13.0. The van der Waals surface area contributed by atoms with Gasteiger partial charge >= 0.3 is 6.09 Å². The summed E-state index contributed by atoms with van der Waals surface area (Å²) in [7, 11) is 1.66. The van der Waals surface area contributed by atoms with Crippen LogP contribution in [0.25, 0.3) is 0 Å². The van der Waals surface area contributed by atoms with Gasteiger partial charge in [-0.25, -0.2) is 4.79 Å². The maximum Gasteiger partial charge on any atom is 0.407 e. The van der Waals surface area contributed by atoms with Gasteiger partial charge in [-0.05, 0) is 57.4 Å². The van der Waals surface area contributed by atoms with Crippen molar-refractivity contribution in [2.24, 2.45) is 5.92 Å². The molecule has 6 atom stereocenters. The fourth-order valence-electron chi connectivity index (χ4n) is 5.43. The van der Waals surface area contributed by atoms with Gasteiger partial charge in [0, 0.05) is 20.2 Å². The van der Waals surface area contributed by atoms with Crippen LogP contribution in [0, 0.1) is 5.92 Å². The van der Waals surface area contributed by atoms with Crippen molar-refractivity contribution in [2.45, 2.75) is 95.2 Å². The van der Waals surface area contributed by atoms with Crippen LogP contribution in [0.5, 0.6) is 0 Å². The van der Waals surface area contributed by atoms with E-state index >= 15 is 0 Å². The SMILES string of the molecule is COC1C(OC(=O)NCCCCCCNC(=O)CNOF)CC[C@]2(CO2)C1C1(C)O[C@@H]1CC=C(C)C. The van der Waals surface area contributed by atoms with Gasteiger partial charge in [-0.2, -0.15) is 5.48 Å². The molecule has 2 heterocycles. The predicted molar refractivity (Wildman–Crippen MR) is 129 cm³/mol. The Labute approximate surface area is 212 Å². The Kier molecular flexibility index (Phi) is 10.5. The minimum atomic E-state index is -0.439. The second-order valence-electron chi connectivity index (χ2n) is 10.4. The minimum Gasteiger partial charge on any atom is -0.443 e. The lowest BCUT2D eigenvalue weighted by Gasteiger charge is -2.42. The molecule has 0 aromatic heterocycles. The molecule has 0 aromatic carbocycles. The molecule has 3 N–H and O–H groups in total. The number of alkyl carbamates (subject to hydrolysis) is 1. The number of amides is 2. The minimum absolute atomic E-state index is 0.00196. The number of ether oxygens (including phenoxy) is 4. The van der Waals surface area contributed by atoms with Gasteiger partial charge in [0.1, 0.15) is 30.0 Å². The van der Waals surface area contributed by atoms with Crippen LogP contribution < -0.4 is 16.1 Å². The highest BCUT2D eigenvalue weighted by molar-refractivity contribution is 5.77. The highest BCUT2D eigenvalue weighted by atomic mass is 19.3. The molecular weight excluding hydrogens is 473 g/mol. The van der Waals surface area contributed by atoms with Crippen LogP contribution >= 0.6 is 0 Å². The van der Waals surface area contributed by atoms with Crippen molar-refractivity contribution in [1.29, 1.82) is 0 Å². The fourth-order valence-corrected chi connectivity index (χ4v) is 5.43. The van der Waals surface area contributed by atoms with Crippen molar-refractivity contribution in [3.63, 3.8) is 0 Å². The molecule has 1 saturated carbocycles. The zero-order valence-electron chi connectivity index (χ0n) is 21.9. The van der Waals surface area contributed by atoms with Gasteiger partial charge in [-0.3, -0.25) is 4.79 Å². The Bertz CT molecular complexity index is 775. The number of methoxy groups -OCH3 is 1. The van der Waals surface area contributed by atoms with Crippen LogP contribution in [0.3, 0.4) is 0 Å². The fraction of sp³-hybridized carbons (Fsp3) is 0.840. The third kappa shape index (κ3) is 7.61. The van der Waals surface area contributed by atoms with Crippen LogP contribution in [0.4, 0.5) is 9.32 Å². The van der Waals surface area contributed by atoms with E-state index in [0.29, 0.717) is 26.1 Å². The van der Waals surface area contributed by atoms with E-state index in [1.54, 1.807) is 7.11 Å². The standard InChI is InChI=1S/C25H42FN3O7/c1-17(2)9-10-19-24(3,35-19)22-21(32-4)18(11-12-25(22)16-33-25)34-23(31)28-14-8-6-5-7-13-27-20(30)15-29-36-26/h9,18-19,21-22,29H,5-8,10-16H2,1-4H3,(H,27,30)(H,28,31)/t18?,19-,21?,22?,24?,25+/m1/s1. The molecule has 10 nitrogen and oxygen atoms in total. The number of epoxide rings is 2. The summed E-state index contributed by atoms with van der Waals surface area (Å²) in [6, 6.07) is 0. The highest BCUT2D eigenvalue weighted by Gasteiger charge is 2.72. The third-order valence-corrected chi connectivity index (χ3v) is 7.48. The van der Waals surface area contributed by atoms with Gasteiger partial charge in [0.15, 0.2) is 0 Å². The molecule has 11 heteroatoms. The molecule has 4 unspecified atom stereocenters. The van der Waals surface area contributed by atoms with Crippen LogP contribution in [0.2, 0.25) is 0 Å². The highest BCUT2D eigenvalue weighted by Crippen LogP contribution is 2.59. The van der Waals surface area contributed by atoms with E-state index in [0.717, 1.165) is 38.5 Å². The van der Waals surface area contributed by atoms with Gasteiger partial charge in [0.25, 0.3) is 0 Å². The largest absolute Gasteiger partial charge is 0.443 e. The summed E-state index contributed by atoms with van der Waals surface area (Å²) >= 11 is 0. The number of hydroxylamine groups is 1. The smallest absolute Gasteiger partial charge is 0.407 e. The number of halogens is 1. The van der Waals surface area contributed by atoms with E-state index in [1.165, 1.54) is 5.57 Å². The number of rotatable bonds is 15. The number of carbonyl (C=O) groups excluding carboxylic acids is 2. The van der Waals surface area contributed by atoms with E-state index in [1.807, 2.05) is 5.48 Å². The van der Waals surface area contributed by atoms with Crippen molar-refractivity contribution in [3.05, 3.63) is 11.6 Å².